The first kappa shape index (κ1) is 11.2. The zero-order valence-electron chi connectivity index (χ0n) is 9.88. The summed E-state index contributed by atoms with van der Waals surface area (Å²) in [4.78, 5) is 17.4. The SMILES string of the molecule is CN1C(=O)CCc2cc(-c3nc(O)cs3)ccc21. The summed E-state index contributed by atoms with van der Waals surface area (Å²) >= 11 is 1.41. The minimum Gasteiger partial charge on any atom is -0.493 e. The van der Waals surface area contributed by atoms with Crippen molar-refractivity contribution in [3.05, 3.63) is 29.1 Å². The number of fused-ring (bicyclic) bond motifs is 1. The fraction of sp³-hybridized carbons (Fsp3) is 0.231. The van der Waals surface area contributed by atoms with Gasteiger partial charge in [-0.15, -0.1) is 11.3 Å². The van der Waals surface area contributed by atoms with Gasteiger partial charge in [-0.05, 0) is 30.2 Å². The number of carbonyl (C=O) groups is 1. The smallest absolute Gasteiger partial charge is 0.227 e. The van der Waals surface area contributed by atoms with E-state index in [0.717, 1.165) is 28.2 Å². The van der Waals surface area contributed by atoms with E-state index in [1.165, 1.54) is 11.3 Å². The molecule has 3 rings (SSSR count). The summed E-state index contributed by atoms with van der Waals surface area (Å²) in [6.07, 6.45) is 1.32. The van der Waals surface area contributed by atoms with Crippen LogP contribution in [0.3, 0.4) is 0 Å². The predicted molar refractivity (Wildman–Crippen MR) is 70.9 cm³/mol. The van der Waals surface area contributed by atoms with Gasteiger partial charge in [-0.3, -0.25) is 4.79 Å². The second kappa shape index (κ2) is 4.10. The van der Waals surface area contributed by atoms with Gasteiger partial charge in [0.25, 0.3) is 0 Å². The Morgan fingerprint density at radius 1 is 1.39 bits per heavy atom. The lowest BCUT2D eigenvalue weighted by Gasteiger charge is -2.25. The topological polar surface area (TPSA) is 53.4 Å². The lowest BCUT2D eigenvalue weighted by molar-refractivity contribution is -0.118. The van der Waals surface area contributed by atoms with Crippen LogP contribution in [0.2, 0.25) is 0 Å². The normalized spacial score (nSPS) is 14.7. The summed E-state index contributed by atoms with van der Waals surface area (Å²) < 4.78 is 0. The maximum atomic E-state index is 11.6. The number of thiazole rings is 1. The molecule has 92 valence electrons. The summed E-state index contributed by atoms with van der Waals surface area (Å²) in [5.41, 5.74) is 3.11. The molecule has 0 unspecified atom stereocenters. The first-order valence-electron chi connectivity index (χ1n) is 5.69. The van der Waals surface area contributed by atoms with Crippen LogP contribution in [-0.4, -0.2) is 23.0 Å². The summed E-state index contributed by atoms with van der Waals surface area (Å²) in [6.45, 7) is 0. The molecule has 0 saturated carbocycles. The third-order valence-electron chi connectivity index (χ3n) is 3.16. The molecular weight excluding hydrogens is 248 g/mol. The summed E-state index contributed by atoms with van der Waals surface area (Å²) in [7, 11) is 1.80. The van der Waals surface area contributed by atoms with E-state index in [1.807, 2.05) is 12.1 Å². The van der Waals surface area contributed by atoms with Gasteiger partial charge in [0.1, 0.15) is 5.01 Å². The van der Waals surface area contributed by atoms with E-state index in [1.54, 1.807) is 17.3 Å². The molecule has 1 N–H and O–H groups in total. The van der Waals surface area contributed by atoms with E-state index < -0.39 is 0 Å². The van der Waals surface area contributed by atoms with Crippen molar-refractivity contribution in [2.75, 3.05) is 11.9 Å². The summed E-state index contributed by atoms with van der Waals surface area (Å²) in [5, 5.41) is 11.7. The quantitative estimate of drug-likeness (QED) is 0.856. The molecule has 1 aromatic carbocycles. The number of nitrogens with zero attached hydrogens (tertiary/aromatic N) is 2. The fourth-order valence-electron chi connectivity index (χ4n) is 2.19. The Bertz CT molecular complexity index is 621. The highest BCUT2D eigenvalue weighted by molar-refractivity contribution is 7.13. The van der Waals surface area contributed by atoms with Crippen LogP contribution in [0.15, 0.2) is 23.6 Å². The average molecular weight is 260 g/mol. The van der Waals surface area contributed by atoms with Gasteiger partial charge >= 0.3 is 0 Å². The van der Waals surface area contributed by atoms with Crippen molar-refractivity contribution in [1.82, 2.24) is 4.98 Å². The first-order valence-corrected chi connectivity index (χ1v) is 6.57. The van der Waals surface area contributed by atoms with Crippen LogP contribution in [0.5, 0.6) is 5.88 Å². The second-order valence-electron chi connectivity index (χ2n) is 4.31. The Balaban J connectivity index is 2.04. The van der Waals surface area contributed by atoms with Gasteiger partial charge < -0.3 is 10.0 Å². The van der Waals surface area contributed by atoms with Gasteiger partial charge in [-0.2, -0.15) is 0 Å². The van der Waals surface area contributed by atoms with Crippen LogP contribution in [0.1, 0.15) is 12.0 Å². The molecule has 2 aromatic rings. The van der Waals surface area contributed by atoms with Gasteiger partial charge in [-0.1, -0.05) is 0 Å². The molecule has 1 aromatic heterocycles. The van der Waals surface area contributed by atoms with E-state index in [2.05, 4.69) is 11.1 Å². The number of hydrogen-bond acceptors (Lipinski definition) is 4. The zero-order chi connectivity index (χ0) is 12.7. The minimum absolute atomic E-state index is 0.0556. The molecule has 4 nitrogen and oxygen atoms in total. The van der Waals surface area contributed by atoms with E-state index in [4.69, 9.17) is 0 Å². The largest absolute Gasteiger partial charge is 0.493 e. The minimum atomic E-state index is 0.0556. The van der Waals surface area contributed by atoms with E-state index in [9.17, 15) is 9.90 Å². The van der Waals surface area contributed by atoms with Gasteiger partial charge in [0.2, 0.25) is 11.8 Å². The molecule has 0 atom stereocenters. The monoisotopic (exact) mass is 260 g/mol. The molecule has 0 radical (unpaired) electrons. The highest BCUT2D eigenvalue weighted by Crippen LogP contribution is 2.33. The third-order valence-corrected chi connectivity index (χ3v) is 4.04. The molecule has 0 aliphatic carbocycles. The number of aromatic nitrogens is 1. The van der Waals surface area contributed by atoms with Crippen molar-refractivity contribution in [2.45, 2.75) is 12.8 Å². The van der Waals surface area contributed by atoms with Crippen LogP contribution in [0.4, 0.5) is 5.69 Å². The lowest BCUT2D eigenvalue weighted by Crippen LogP contribution is -2.30. The average Bonchev–Trinajstić information content (AvgIpc) is 2.80. The zero-order valence-corrected chi connectivity index (χ0v) is 10.7. The Morgan fingerprint density at radius 2 is 2.22 bits per heavy atom. The molecular formula is C13H12N2O2S. The Kier molecular flexibility index (Phi) is 2.56. The van der Waals surface area contributed by atoms with Crippen LogP contribution < -0.4 is 4.90 Å². The van der Waals surface area contributed by atoms with Crippen molar-refractivity contribution < 1.29 is 9.90 Å². The Hall–Kier alpha value is -1.88. The molecule has 1 amide bonds. The van der Waals surface area contributed by atoms with Crippen LogP contribution in [0.25, 0.3) is 10.6 Å². The predicted octanol–water partition coefficient (Wildman–Crippen LogP) is 2.42. The van der Waals surface area contributed by atoms with Crippen molar-refractivity contribution in [3.63, 3.8) is 0 Å². The maximum Gasteiger partial charge on any atom is 0.227 e. The van der Waals surface area contributed by atoms with Gasteiger partial charge in [-0.25, -0.2) is 4.98 Å². The molecule has 0 bridgehead atoms. The fourth-order valence-corrected chi connectivity index (χ4v) is 2.87. The van der Waals surface area contributed by atoms with Crippen LogP contribution in [0, 0.1) is 0 Å². The molecule has 1 aliphatic rings. The molecule has 0 saturated heterocycles. The van der Waals surface area contributed by atoms with Gasteiger partial charge in [0.15, 0.2) is 0 Å². The van der Waals surface area contributed by atoms with Crippen LogP contribution >= 0.6 is 11.3 Å². The molecule has 18 heavy (non-hydrogen) atoms. The second-order valence-corrected chi connectivity index (χ2v) is 5.17. The van der Waals surface area contributed by atoms with Crippen molar-refractivity contribution in [1.29, 1.82) is 0 Å². The van der Waals surface area contributed by atoms with Gasteiger partial charge in [0, 0.05) is 24.7 Å². The molecule has 1 aliphatic heterocycles. The van der Waals surface area contributed by atoms with Crippen molar-refractivity contribution >= 4 is 22.9 Å². The van der Waals surface area contributed by atoms with Crippen molar-refractivity contribution in [3.8, 4) is 16.5 Å². The summed E-state index contributed by atoms with van der Waals surface area (Å²) in [6, 6.07) is 5.93. The number of amides is 1. The molecule has 5 heteroatoms. The standard InChI is InChI=1S/C13H12N2O2S/c1-15-10-4-2-9(13-14-11(16)7-18-13)6-8(10)3-5-12(15)17/h2,4,6-7,16H,3,5H2,1H3. The van der Waals surface area contributed by atoms with Gasteiger partial charge in [0.05, 0.1) is 5.38 Å². The van der Waals surface area contributed by atoms with E-state index in [-0.39, 0.29) is 11.8 Å². The van der Waals surface area contributed by atoms with Crippen molar-refractivity contribution in [2.24, 2.45) is 0 Å². The Labute approximate surface area is 109 Å². The molecule has 0 spiro atoms. The van der Waals surface area contributed by atoms with E-state index in [0.29, 0.717) is 6.42 Å². The highest BCUT2D eigenvalue weighted by Gasteiger charge is 2.21. The number of benzene rings is 1. The number of aryl methyl sites for hydroxylation is 1. The number of carbonyl (C=O) groups excluding carboxylic acids is 1. The van der Waals surface area contributed by atoms with E-state index >= 15 is 0 Å². The lowest BCUT2D eigenvalue weighted by atomic mass is 9.99. The number of aromatic hydroxyl groups is 1. The molecule has 0 fully saturated rings. The summed E-state index contributed by atoms with van der Waals surface area (Å²) in [5.74, 6) is 0.210. The third kappa shape index (κ3) is 1.76. The Morgan fingerprint density at radius 3 is 2.94 bits per heavy atom. The number of anilines is 1. The molecule has 2 heterocycles. The highest BCUT2D eigenvalue weighted by atomic mass is 32.1. The maximum absolute atomic E-state index is 11.6. The van der Waals surface area contributed by atoms with Crippen LogP contribution in [-0.2, 0) is 11.2 Å². The first-order chi connectivity index (χ1) is 8.65. The number of rotatable bonds is 1. The number of hydrogen-bond donors (Lipinski definition) is 1.